The molecule has 300 valence electrons. The average Bonchev–Trinajstić information content (AvgIpc) is 3.61. The van der Waals surface area contributed by atoms with Crippen molar-refractivity contribution in [2.45, 2.75) is 74.9 Å². The summed E-state index contributed by atoms with van der Waals surface area (Å²) >= 11 is 6.61. The fourth-order valence-corrected chi connectivity index (χ4v) is 8.66. The second-order valence-electron chi connectivity index (χ2n) is 15.2. The molecule has 0 amide bonds. The van der Waals surface area contributed by atoms with E-state index in [0.717, 1.165) is 18.4 Å². The molecule has 3 atom stereocenters. The molecule has 0 spiro atoms. The maximum Gasteiger partial charge on any atom is 0.435 e. The van der Waals surface area contributed by atoms with Crippen LogP contribution in [0.15, 0.2) is 42.5 Å². The molecule has 2 aliphatic carbocycles. The van der Waals surface area contributed by atoms with Gasteiger partial charge < -0.3 is 5.11 Å². The maximum atomic E-state index is 15.4. The number of pyridine rings is 1. The lowest BCUT2D eigenvalue weighted by molar-refractivity contribution is -0.142. The molecule has 5 aromatic rings. The van der Waals surface area contributed by atoms with Crippen LogP contribution in [0.25, 0.3) is 22.0 Å². The Morgan fingerprint density at radius 1 is 1.07 bits per heavy atom. The summed E-state index contributed by atoms with van der Waals surface area (Å²) in [5.41, 5.74) is -3.07. The Morgan fingerprint density at radius 3 is 2.37 bits per heavy atom. The van der Waals surface area contributed by atoms with Gasteiger partial charge in [0.2, 0.25) is 0 Å². The van der Waals surface area contributed by atoms with Gasteiger partial charge in [-0.1, -0.05) is 23.6 Å². The van der Waals surface area contributed by atoms with Crippen molar-refractivity contribution in [3.63, 3.8) is 0 Å². The van der Waals surface area contributed by atoms with Gasteiger partial charge >= 0.3 is 6.18 Å². The summed E-state index contributed by atoms with van der Waals surface area (Å²) in [4.78, 5) is 18.7. The van der Waals surface area contributed by atoms with Crippen LogP contribution in [0.4, 0.5) is 30.7 Å². The van der Waals surface area contributed by atoms with E-state index in [4.69, 9.17) is 16.6 Å². The van der Waals surface area contributed by atoms with Crippen molar-refractivity contribution in [1.82, 2.24) is 24.5 Å². The highest BCUT2D eigenvalue weighted by atomic mass is 35.5. The number of aliphatic hydroxyl groups is 1. The lowest BCUT2D eigenvalue weighted by Gasteiger charge is -2.22. The molecule has 7 rings (SSSR count). The summed E-state index contributed by atoms with van der Waals surface area (Å²) < 4.78 is 129. The number of halogens is 8. The van der Waals surface area contributed by atoms with Crippen LogP contribution in [0.5, 0.6) is 0 Å². The predicted octanol–water partition coefficient (Wildman–Crippen LogP) is 7.64. The van der Waals surface area contributed by atoms with E-state index in [0.29, 0.717) is 32.8 Å². The van der Waals surface area contributed by atoms with E-state index in [1.54, 1.807) is 19.2 Å². The van der Waals surface area contributed by atoms with Crippen molar-refractivity contribution in [1.29, 1.82) is 0 Å². The minimum atomic E-state index is -5.06. The number of hydrogen-bond donors (Lipinski definition) is 1. The largest absolute Gasteiger partial charge is 0.435 e. The molecular weight excluding hydrogens is 803 g/mol. The zero-order chi connectivity index (χ0) is 41.6. The fourth-order valence-electron chi connectivity index (χ4n) is 7.70. The fraction of sp³-hybridized carbons (Fsp3) is 0.385. The van der Waals surface area contributed by atoms with Crippen LogP contribution in [0, 0.1) is 29.4 Å². The first-order valence-corrected chi connectivity index (χ1v) is 20.0. The van der Waals surface area contributed by atoms with Crippen LogP contribution < -0.4 is 0 Å². The Bertz CT molecular complexity index is 2640. The number of fused-ring (bicyclic) bond motifs is 4. The van der Waals surface area contributed by atoms with E-state index in [1.807, 2.05) is 0 Å². The molecule has 1 N–H and O–H groups in total. The van der Waals surface area contributed by atoms with Gasteiger partial charge in [0, 0.05) is 59.7 Å². The van der Waals surface area contributed by atoms with Gasteiger partial charge in [-0.15, -0.1) is 0 Å². The number of hydrogen-bond acceptors (Lipinski definition) is 7. The molecule has 2 aromatic carbocycles. The third-order valence-electron chi connectivity index (χ3n) is 9.91. The van der Waals surface area contributed by atoms with Gasteiger partial charge in [-0.2, -0.15) is 32.1 Å². The first-order chi connectivity index (χ1) is 26.4. The van der Waals surface area contributed by atoms with Crippen molar-refractivity contribution in [2.24, 2.45) is 13.0 Å². The van der Waals surface area contributed by atoms with E-state index in [1.165, 1.54) is 30.7 Å². The lowest BCUT2D eigenvalue weighted by atomic mass is 9.86. The van der Waals surface area contributed by atoms with E-state index in [9.17, 15) is 40.3 Å². The second kappa shape index (κ2) is 13.9. The lowest BCUT2D eigenvalue weighted by Crippen LogP contribution is -2.24. The third kappa shape index (κ3) is 8.04. The Labute approximate surface area is 326 Å². The molecule has 57 heavy (non-hydrogen) atoms. The zero-order valence-corrected chi connectivity index (χ0v) is 32.2. The third-order valence-corrected chi connectivity index (χ3v) is 11.0. The summed E-state index contributed by atoms with van der Waals surface area (Å²) in [5.74, 6) is -4.93. The number of carbonyl (C=O) groups excluding carboxylic acids is 1. The minimum absolute atomic E-state index is 0.0641. The molecule has 0 bridgehead atoms. The van der Waals surface area contributed by atoms with Crippen molar-refractivity contribution in [3.8, 4) is 23.0 Å². The summed E-state index contributed by atoms with van der Waals surface area (Å²) in [5, 5.41) is 18.7. The molecule has 1 fully saturated rings. The summed E-state index contributed by atoms with van der Waals surface area (Å²) in [6.07, 6.45) is -5.04. The average molecular weight is 836 g/mol. The van der Waals surface area contributed by atoms with Crippen LogP contribution in [-0.4, -0.2) is 55.7 Å². The summed E-state index contributed by atoms with van der Waals surface area (Å²) in [6.45, 7) is 1.88. The van der Waals surface area contributed by atoms with E-state index >= 15 is 8.78 Å². The number of nitrogens with zero attached hydrogens (tertiary/aromatic N) is 5. The number of aryl methyl sites for hydroxylation is 1. The molecule has 9 nitrogen and oxygen atoms in total. The number of rotatable bonds is 10. The molecule has 0 saturated heterocycles. The SMILES string of the molecule is Cn1nc(CS(C)(=O)=O)c2c(Cl)ccc(-c3ccc(C#CC(C)(C)O)nc3[C@@H](CC(=O)Cn3nc(C(F)(F)F)c4c3C(F)(F)[C@@H]3C[C@H]43)Cc3cc(F)cc(F)c3)c21. The van der Waals surface area contributed by atoms with Gasteiger partial charge in [0.15, 0.2) is 21.3 Å². The quantitative estimate of drug-likeness (QED) is 0.114. The molecule has 0 radical (unpaired) electrons. The number of carbonyl (C=O) groups is 1. The van der Waals surface area contributed by atoms with Gasteiger partial charge in [-0.25, -0.2) is 22.2 Å². The minimum Gasteiger partial charge on any atom is -0.378 e. The van der Waals surface area contributed by atoms with Crippen molar-refractivity contribution in [3.05, 3.63) is 98.7 Å². The molecule has 3 heterocycles. The number of sulfone groups is 1. The highest BCUT2D eigenvalue weighted by molar-refractivity contribution is 7.89. The van der Waals surface area contributed by atoms with Gasteiger partial charge in [0.25, 0.3) is 5.92 Å². The number of aromatic nitrogens is 5. The Hall–Kier alpha value is -4.79. The second-order valence-corrected chi connectivity index (χ2v) is 17.7. The Balaban J connectivity index is 1.39. The van der Waals surface area contributed by atoms with Crippen LogP contribution in [0.2, 0.25) is 5.02 Å². The van der Waals surface area contributed by atoms with Crippen molar-refractivity contribution in [2.75, 3.05) is 6.26 Å². The van der Waals surface area contributed by atoms with E-state index in [-0.39, 0.29) is 40.5 Å². The monoisotopic (exact) mass is 835 g/mol. The summed E-state index contributed by atoms with van der Waals surface area (Å²) in [6, 6.07) is 8.88. The molecule has 0 aliphatic heterocycles. The van der Waals surface area contributed by atoms with Gasteiger partial charge in [-0.05, 0) is 74.4 Å². The Morgan fingerprint density at radius 2 is 1.74 bits per heavy atom. The zero-order valence-electron chi connectivity index (χ0n) is 30.6. The number of alkyl halides is 5. The molecule has 2 aliphatic rings. The highest BCUT2D eigenvalue weighted by Crippen LogP contribution is 2.68. The highest BCUT2D eigenvalue weighted by Gasteiger charge is 2.68. The van der Waals surface area contributed by atoms with Gasteiger partial charge in [0.1, 0.15) is 35.2 Å². The van der Waals surface area contributed by atoms with Gasteiger partial charge in [-0.3, -0.25) is 14.2 Å². The predicted molar refractivity (Wildman–Crippen MR) is 195 cm³/mol. The molecule has 0 unspecified atom stereocenters. The van der Waals surface area contributed by atoms with E-state index in [2.05, 4.69) is 22.0 Å². The number of benzene rings is 2. The van der Waals surface area contributed by atoms with E-state index < -0.39 is 98.4 Å². The van der Waals surface area contributed by atoms with Gasteiger partial charge in [0.05, 0.1) is 27.7 Å². The van der Waals surface area contributed by atoms with Crippen LogP contribution in [-0.2, 0) is 52.5 Å². The maximum absolute atomic E-state index is 15.4. The van der Waals surface area contributed by atoms with Crippen molar-refractivity contribution < 1.29 is 49.1 Å². The molecular formula is C39H33ClF7N5O4S. The summed E-state index contributed by atoms with van der Waals surface area (Å²) in [7, 11) is -2.04. The standard InChI is InChI=1S/C39H33ClF7N5O4S/c1-37(2,54)10-9-23-5-6-25(26-7-8-29(40)32-30(18-57(4,55)56)49-51(3)34(26)32)33(48-23)20(11-19-12-21(41)15-22(42)13-19)14-24(53)17-52-36-31(35(50-52)39(45,46)47)27-16-28(27)38(36,43)44/h5-8,12-13,15,20,27-28,54H,11,14,16-18H2,1-4H3/t20-,27+,28-/m1/s1. The topological polar surface area (TPSA) is 120 Å². The first kappa shape index (κ1) is 40.4. The van der Waals surface area contributed by atoms with Crippen molar-refractivity contribution >= 4 is 38.1 Å². The first-order valence-electron chi connectivity index (χ1n) is 17.5. The normalized spacial score (nSPS) is 17.9. The van der Waals surface area contributed by atoms with Crippen LogP contribution in [0.3, 0.4) is 0 Å². The Kier molecular flexibility index (Phi) is 9.89. The number of Topliss-reactive ketones (excluding diaryl/α,β-unsaturated/α-hetero) is 1. The molecule has 3 aromatic heterocycles. The molecule has 18 heteroatoms. The van der Waals surface area contributed by atoms with Crippen LogP contribution in [0.1, 0.15) is 78.1 Å². The smallest absolute Gasteiger partial charge is 0.378 e. The molecule has 1 saturated carbocycles. The van der Waals surface area contributed by atoms with Crippen LogP contribution >= 0.6 is 11.6 Å². The number of ketones is 1.